The first-order valence-corrected chi connectivity index (χ1v) is 7.25. The summed E-state index contributed by atoms with van der Waals surface area (Å²) in [7, 11) is 0. The highest BCUT2D eigenvalue weighted by Gasteiger charge is 2.18. The van der Waals surface area contributed by atoms with Crippen molar-refractivity contribution in [1.29, 1.82) is 0 Å². The molecule has 0 atom stereocenters. The van der Waals surface area contributed by atoms with Crippen LogP contribution in [0.15, 0.2) is 48.6 Å². The lowest BCUT2D eigenvalue weighted by molar-refractivity contribution is -0.130. The lowest BCUT2D eigenvalue weighted by Crippen LogP contribution is -2.08. The first kappa shape index (κ1) is 17.1. The van der Waals surface area contributed by atoms with E-state index < -0.39 is 11.8 Å². The van der Waals surface area contributed by atoms with E-state index in [-0.39, 0.29) is 33.2 Å². The first-order valence-electron chi connectivity index (χ1n) is 6.50. The Kier molecular flexibility index (Phi) is 5.08. The van der Waals surface area contributed by atoms with Gasteiger partial charge in [0.1, 0.15) is 11.5 Å². The van der Waals surface area contributed by atoms with E-state index in [1.54, 1.807) is 0 Å². The monoisotopic (exact) mass is 350 g/mol. The fraction of sp³-hybridized carbons (Fsp3) is 0.0588. The molecule has 0 heterocycles. The van der Waals surface area contributed by atoms with E-state index in [2.05, 4.69) is 6.58 Å². The third-order valence-electron chi connectivity index (χ3n) is 2.95. The maximum Gasteiger partial charge on any atom is 0.338 e. The van der Waals surface area contributed by atoms with E-state index >= 15 is 0 Å². The van der Waals surface area contributed by atoms with Gasteiger partial charge < -0.3 is 9.84 Å². The smallest absolute Gasteiger partial charge is 0.338 e. The van der Waals surface area contributed by atoms with E-state index in [1.807, 2.05) is 0 Å². The second-order valence-electron chi connectivity index (χ2n) is 4.80. The number of ether oxygens (including phenoxy) is 1. The summed E-state index contributed by atoms with van der Waals surface area (Å²) in [5, 5.41) is 10.6. The SMILES string of the molecule is C=C(C)C(=O)Oc1ccc(C(=O)c2ccc(Cl)cc2Cl)c(O)c1. The molecular weight excluding hydrogens is 339 g/mol. The molecule has 0 spiro atoms. The van der Waals surface area contributed by atoms with Crippen LogP contribution in [-0.2, 0) is 4.79 Å². The number of hydrogen-bond acceptors (Lipinski definition) is 4. The van der Waals surface area contributed by atoms with Crippen molar-refractivity contribution in [1.82, 2.24) is 0 Å². The van der Waals surface area contributed by atoms with E-state index in [0.717, 1.165) is 0 Å². The first-order chi connectivity index (χ1) is 10.8. The molecule has 4 nitrogen and oxygen atoms in total. The molecule has 0 radical (unpaired) electrons. The number of halogens is 2. The van der Waals surface area contributed by atoms with Gasteiger partial charge in [-0.25, -0.2) is 4.79 Å². The zero-order valence-corrected chi connectivity index (χ0v) is 13.6. The zero-order valence-electron chi connectivity index (χ0n) is 12.1. The van der Waals surface area contributed by atoms with Crippen LogP contribution in [0.1, 0.15) is 22.8 Å². The molecule has 0 unspecified atom stereocenters. The van der Waals surface area contributed by atoms with Crippen molar-refractivity contribution >= 4 is 35.0 Å². The van der Waals surface area contributed by atoms with E-state index in [1.165, 1.54) is 43.3 Å². The van der Waals surface area contributed by atoms with Gasteiger partial charge in [0.05, 0.1) is 10.6 Å². The van der Waals surface area contributed by atoms with Gasteiger partial charge in [0.15, 0.2) is 5.78 Å². The summed E-state index contributed by atoms with van der Waals surface area (Å²) in [5.74, 6) is -1.31. The Morgan fingerprint density at radius 3 is 2.30 bits per heavy atom. The van der Waals surface area contributed by atoms with Crippen LogP contribution in [0.3, 0.4) is 0 Å². The number of benzene rings is 2. The van der Waals surface area contributed by atoms with Gasteiger partial charge in [-0.3, -0.25) is 4.79 Å². The Hall–Kier alpha value is -2.30. The van der Waals surface area contributed by atoms with E-state index in [4.69, 9.17) is 27.9 Å². The van der Waals surface area contributed by atoms with Gasteiger partial charge in [-0.1, -0.05) is 29.8 Å². The van der Waals surface area contributed by atoms with Gasteiger partial charge in [-0.05, 0) is 37.3 Å². The van der Waals surface area contributed by atoms with Crippen LogP contribution in [0.4, 0.5) is 0 Å². The molecule has 0 amide bonds. The maximum atomic E-state index is 12.4. The normalized spacial score (nSPS) is 10.2. The highest BCUT2D eigenvalue weighted by Crippen LogP contribution is 2.29. The minimum atomic E-state index is -0.621. The Morgan fingerprint density at radius 2 is 1.74 bits per heavy atom. The van der Waals surface area contributed by atoms with Gasteiger partial charge >= 0.3 is 5.97 Å². The molecule has 1 N–H and O–H groups in total. The number of phenols is 1. The summed E-state index contributed by atoms with van der Waals surface area (Å²) < 4.78 is 4.98. The van der Waals surface area contributed by atoms with Crippen LogP contribution in [0.5, 0.6) is 11.5 Å². The summed E-state index contributed by atoms with van der Waals surface area (Å²) in [6.07, 6.45) is 0. The van der Waals surface area contributed by atoms with Crippen molar-refractivity contribution in [3.05, 3.63) is 69.7 Å². The molecule has 2 aromatic rings. The van der Waals surface area contributed by atoms with Gasteiger partial charge in [0, 0.05) is 22.2 Å². The number of esters is 1. The minimum absolute atomic E-state index is 0.0318. The fourth-order valence-corrected chi connectivity index (χ4v) is 2.27. The second kappa shape index (κ2) is 6.86. The quantitative estimate of drug-likeness (QED) is 0.384. The van der Waals surface area contributed by atoms with Crippen molar-refractivity contribution < 1.29 is 19.4 Å². The average molecular weight is 351 g/mol. The number of aromatic hydroxyl groups is 1. The molecule has 0 aliphatic rings. The summed E-state index contributed by atoms with van der Waals surface area (Å²) in [5.41, 5.74) is 0.458. The number of ketones is 1. The molecule has 0 fully saturated rings. The predicted octanol–water partition coefficient (Wildman–Crippen LogP) is 4.41. The summed E-state index contributed by atoms with van der Waals surface area (Å²) in [6, 6.07) is 8.37. The lowest BCUT2D eigenvalue weighted by atomic mass is 10.0. The van der Waals surface area contributed by atoms with Crippen LogP contribution in [0.2, 0.25) is 10.0 Å². The molecule has 2 aromatic carbocycles. The lowest BCUT2D eigenvalue weighted by Gasteiger charge is -2.09. The molecular formula is C17H12Cl2O4. The molecule has 2 rings (SSSR count). The number of hydrogen-bond donors (Lipinski definition) is 1. The Labute approximate surface area is 142 Å². The van der Waals surface area contributed by atoms with E-state index in [9.17, 15) is 14.7 Å². The minimum Gasteiger partial charge on any atom is -0.507 e. The zero-order chi connectivity index (χ0) is 17.1. The topological polar surface area (TPSA) is 63.6 Å². The molecule has 0 saturated heterocycles. The Bertz CT molecular complexity index is 812. The third kappa shape index (κ3) is 3.92. The maximum absolute atomic E-state index is 12.4. The van der Waals surface area contributed by atoms with Gasteiger partial charge in [0.25, 0.3) is 0 Å². The molecule has 6 heteroatoms. The largest absolute Gasteiger partial charge is 0.507 e. The van der Waals surface area contributed by atoms with Crippen molar-refractivity contribution in [2.75, 3.05) is 0 Å². The Morgan fingerprint density at radius 1 is 1.09 bits per heavy atom. The average Bonchev–Trinajstić information content (AvgIpc) is 2.46. The van der Waals surface area contributed by atoms with Crippen LogP contribution < -0.4 is 4.74 Å². The van der Waals surface area contributed by atoms with Crippen LogP contribution in [0.25, 0.3) is 0 Å². The van der Waals surface area contributed by atoms with Crippen LogP contribution in [-0.4, -0.2) is 16.9 Å². The molecule has 0 aromatic heterocycles. The molecule has 0 aliphatic heterocycles. The summed E-state index contributed by atoms with van der Waals surface area (Å²) in [4.78, 5) is 23.9. The molecule has 0 aliphatic carbocycles. The highest BCUT2D eigenvalue weighted by molar-refractivity contribution is 6.37. The molecule has 23 heavy (non-hydrogen) atoms. The van der Waals surface area contributed by atoms with Crippen LogP contribution >= 0.6 is 23.2 Å². The number of rotatable bonds is 4. The number of carbonyl (C=O) groups excluding carboxylic acids is 2. The predicted molar refractivity (Wildman–Crippen MR) is 88.5 cm³/mol. The molecule has 118 valence electrons. The van der Waals surface area contributed by atoms with E-state index in [0.29, 0.717) is 5.02 Å². The van der Waals surface area contributed by atoms with Crippen molar-refractivity contribution in [2.45, 2.75) is 6.92 Å². The number of carbonyl (C=O) groups is 2. The molecule has 0 bridgehead atoms. The third-order valence-corrected chi connectivity index (χ3v) is 3.50. The van der Waals surface area contributed by atoms with Crippen molar-refractivity contribution in [3.63, 3.8) is 0 Å². The highest BCUT2D eigenvalue weighted by atomic mass is 35.5. The molecule has 0 saturated carbocycles. The summed E-state index contributed by atoms with van der Waals surface area (Å²) >= 11 is 11.8. The van der Waals surface area contributed by atoms with Gasteiger partial charge in [-0.15, -0.1) is 0 Å². The van der Waals surface area contributed by atoms with Crippen molar-refractivity contribution in [2.24, 2.45) is 0 Å². The summed E-state index contributed by atoms with van der Waals surface area (Å²) in [6.45, 7) is 4.96. The number of phenolic OH excluding ortho intramolecular Hbond substituents is 1. The standard InChI is InChI=1S/C17H12Cl2O4/c1-9(2)17(22)23-11-4-6-13(15(20)8-11)16(21)12-5-3-10(18)7-14(12)19/h3-8,20H,1H2,2H3. The Balaban J connectivity index is 2.32. The second-order valence-corrected chi connectivity index (χ2v) is 5.65. The van der Waals surface area contributed by atoms with Crippen molar-refractivity contribution in [3.8, 4) is 11.5 Å². The van der Waals surface area contributed by atoms with Crippen LogP contribution in [0, 0.1) is 0 Å². The fourth-order valence-electron chi connectivity index (χ4n) is 1.78. The van der Waals surface area contributed by atoms with Gasteiger partial charge in [-0.2, -0.15) is 0 Å². The van der Waals surface area contributed by atoms with Gasteiger partial charge in [0.2, 0.25) is 0 Å².